The van der Waals surface area contributed by atoms with E-state index in [4.69, 9.17) is 4.98 Å². The zero-order valence-electron chi connectivity index (χ0n) is 14.8. The molecule has 2 aliphatic heterocycles. The number of rotatable bonds is 2. The summed E-state index contributed by atoms with van der Waals surface area (Å²) >= 11 is 0. The largest absolute Gasteiger partial charge is 0.341 e. The molecule has 7 heteroatoms. The summed E-state index contributed by atoms with van der Waals surface area (Å²) in [4.78, 5) is 35.0. The van der Waals surface area contributed by atoms with E-state index in [-0.39, 0.29) is 35.3 Å². The summed E-state index contributed by atoms with van der Waals surface area (Å²) in [6, 6.07) is -0.160. The van der Waals surface area contributed by atoms with Crippen LogP contribution in [0.2, 0.25) is 0 Å². The normalized spacial score (nSPS) is 26.0. The van der Waals surface area contributed by atoms with E-state index in [1.165, 1.54) is 0 Å². The maximum Gasteiger partial charge on any atom is 0.254 e. The molecule has 1 unspecified atom stereocenters. The lowest BCUT2D eigenvalue weighted by molar-refractivity contribution is -0.133. The van der Waals surface area contributed by atoms with Crippen molar-refractivity contribution < 1.29 is 4.79 Å². The first-order valence-corrected chi connectivity index (χ1v) is 9.49. The predicted molar refractivity (Wildman–Crippen MR) is 101 cm³/mol. The minimum atomic E-state index is -0.160. The number of likely N-dealkylation sites (tertiary alicyclic amines) is 1. The quantitative estimate of drug-likeness (QED) is 0.765. The third-order valence-electron chi connectivity index (χ3n) is 6.44. The molecule has 6 nitrogen and oxygen atoms in total. The van der Waals surface area contributed by atoms with Gasteiger partial charge in [-0.15, -0.1) is 12.4 Å². The number of H-pyrrole nitrogens is 1. The van der Waals surface area contributed by atoms with Crippen molar-refractivity contribution in [2.75, 3.05) is 19.6 Å². The van der Waals surface area contributed by atoms with Crippen LogP contribution in [-0.4, -0.2) is 46.5 Å². The highest BCUT2D eigenvalue weighted by atomic mass is 35.5. The first kappa shape index (κ1) is 17.7. The van der Waals surface area contributed by atoms with Crippen LogP contribution in [0.4, 0.5) is 0 Å². The number of hydrogen-bond acceptors (Lipinski definition) is 4. The Balaban J connectivity index is 0.00000168. The number of aromatic nitrogens is 2. The molecule has 2 fully saturated rings. The molecule has 0 bridgehead atoms. The van der Waals surface area contributed by atoms with Crippen molar-refractivity contribution in [3.8, 4) is 0 Å². The lowest BCUT2D eigenvalue weighted by Crippen LogP contribution is -2.50. The molecule has 0 radical (unpaired) electrons. The van der Waals surface area contributed by atoms with E-state index in [0.717, 1.165) is 75.2 Å². The van der Waals surface area contributed by atoms with E-state index in [2.05, 4.69) is 10.3 Å². The Morgan fingerprint density at radius 3 is 2.65 bits per heavy atom. The molecule has 2 aliphatic carbocycles. The van der Waals surface area contributed by atoms with Gasteiger partial charge < -0.3 is 9.88 Å². The third kappa shape index (κ3) is 2.79. The number of amides is 1. The standard InChI is InChI=1S/C19H24N4O2.ClH/c24-17-13-5-6-19(15(13)21-16(22-17)12-3-4-12)7-10-23(11-8-19)18(25)14-2-1-9-20-14;/h1-2,12,14,20H,3-11H2,(H,21,22,24);1H. The van der Waals surface area contributed by atoms with Crippen LogP contribution in [0.25, 0.3) is 0 Å². The molecule has 2 N–H and O–H groups in total. The van der Waals surface area contributed by atoms with Gasteiger partial charge in [-0.05, 0) is 38.5 Å². The summed E-state index contributed by atoms with van der Waals surface area (Å²) in [6.07, 6.45) is 9.90. The highest BCUT2D eigenvalue weighted by Crippen LogP contribution is 2.46. The highest BCUT2D eigenvalue weighted by molar-refractivity contribution is 5.85. The van der Waals surface area contributed by atoms with Crippen LogP contribution in [0.15, 0.2) is 16.9 Å². The van der Waals surface area contributed by atoms with Crippen LogP contribution in [0.5, 0.6) is 0 Å². The van der Waals surface area contributed by atoms with Crippen molar-refractivity contribution in [1.29, 1.82) is 0 Å². The van der Waals surface area contributed by atoms with Crippen LogP contribution in [0, 0.1) is 0 Å². The molecule has 4 aliphatic rings. The van der Waals surface area contributed by atoms with Gasteiger partial charge >= 0.3 is 0 Å². The lowest BCUT2D eigenvalue weighted by Gasteiger charge is -2.40. The number of fused-ring (bicyclic) bond motifs is 2. The van der Waals surface area contributed by atoms with Gasteiger partial charge in [0.15, 0.2) is 0 Å². The number of piperidine rings is 1. The molecule has 1 aromatic rings. The first-order chi connectivity index (χ1) is 12.2. The second-order valence-electron chi connectivity index (χ2n) is 7.97. The molecule has 1 atom stereocenters. The van der Waals surface area contributed by atoms with Gasteiger partial charge in [0.2, 0.25) is 5.91 Å². The summed E-state index contributed by atoms with van der Waals surface area (Å²) in [5, 5.41) is 3.20. The molecule has 1 saturated heterocycles. The van der Waals surface area contributed by atoms with Crippen molar-refractivity contribution in [3.05, 3.63) is 39.6 Å². The Kier molecular flexibility index (Phi) is 4.43. The van der Waals surface area contributed by atoms with Crippen LogP contribution >= 0.6 is 12.4 Å². The highest BCUT2D eigenvalue weighted by Gasteiger charge is 2.45. The molecular formula is C19H25ClN4O2. The Morgan fingerprint density at radius 2 is 2.00 bits per heavy atom. The third-order valence-corrected chi connectivity index (χ3v) is 6.44. The fourth-order valence-corrected chi connectivity index (χ4v) is 4.69. The number of halogens is 1. The van der Waals surface area contributed by atoms with E-state index in [9.17, 15) is 9.59 Å². The minimum absolute atomic E-state index is 0. The molecule has 1 amide bonds. The smallest absolute Gasteiger partial charge is 0.254 e. The number of nitrogens with zero attached hydrogens (tertiary/aromatic N) is 2. The van der Waals surface area contributed by atoms with Crippen molar-refractivity contribution in [2.45, 2.75) is 55.9 Å². The number of carbonyl (C=O) groups excluding carboxylic acids is 1. The zero-order chi connectivity index (χ0) is 17.0. The Hall–Kier alpha value is -1.66. The van der Waals surface area contributed by atoms with Crippen LogP contribution < -0.4 is 10.9 Å². The van der Waals surface area contributed by atoms with Crippen LogP contribution in [0.1, 0.15) is 55.1 Å². The molecule has 5 rings (SSSR count). The molecular weight excluding hydrogens is 352 g/mol. The van der Waals surface area contributed by atoms with E-state index in [1.807, 2.05) is 17.1 Å². The average molecular weight is 377 g/mol. The summed E-state index contributed by atoms with van der Waals surface area (Å²) in [7, 11) is 0. The van der Waals surface area contributed by atoms with Gasteiger partial charge in [-0.3, -0.25) is 14.9 Å². The fraction of sp³-hybridized carbons (Fsp3) is 0.632. The van der Waals surface area contributed by atoms with E-state index < -0.39 is 0 Å². The number of aromatic amines is 1. The van der Waals surface area contributed by atoms with Gasteiger partial charge in [-0.2, -0.15) is 0 Å². The lowest BCUT2D eigenvalue weighted by atomic mass is 9.76. The van der Waals surface area contributed by atoms with Gasteiger partial charge in [0.05, 0.1) is 5.69 Å². The van der Waals surface area contributed by atoms with E-state index >= 15 is 0 Å². The topological polar surface area (TPSA) is 78.1 Å². The zero-order valence-corrected chi connectivity index (χ0v) is 15.6. The second-order valence-corrected chi connectivity index (χ2v) is 7.97. The molecule has 140 valence electrons. The van der Waals surface area contributed by atoms with E-state index in [1.54, 1.807) is 0 Å². The van der Waals surface area contributed by atoms with Crippen molar-refractivity contribution in [1.82, 2.24) is 20.2 Å². The first-order valence-electron chi connectivity index (χ1n) is 9.49. The van der Waals surface area contributed by atoms with Gasteiger partial charge in [0, 0.05) is 36.5 Å². The molecule has 1 aromatic heterocycles. The van der Waals surface area contributed by atoms with Gasteiger partial charge in [0.1, 0.15) is 11.9 Å². The minimum Gasteiger partial charge on any atom is -0.341 e. The monoisotopic (exact) mass is 376 g/mol. The van der Waals surface area contributed by atoms with Gasteiger partial charge in [-0.1, -0.05) is 12.2 Å². The molecule has 3 heterocycles. The second kappa shape index (κ2) is 6.50. The molecule has 0 aromatic carbocycles. The maximum absolute atomic E-state index is 12.6. The van der Waals surface area contributed by atoms with Crippen molar-refractivity contribution >= 4 is 18.3 Å². The Morgan fingerprint density at radius 1 is 1.23 bits per heavy atom. The Labute approximate surface area is 158 Å². The SMILES string of the molecule is Cl.O=C(C1C=CCN1)N1CCC2(CCc3c2nc(C2CC2)[nH]c3=O)CC1. The summed E-state index contributed by atoms with van der Waals surface area (Å²) < 4.78 is 0. The average Bonchev–Trinajstić information content (AvgIpc) is 3.22. The van der Waals surface area contributed by atoms with Crippen LogP contribution in [0.3, 0.4) is 0 Å². The van der Waals surface area contributed by atoms with Gasteiger partial charge in [-0.25, -0.2) is 4.98 Å². The molecule has 1 saturated carbocycles. The molecule has 26 heavy (non-hydrogen) atoms. The van der Waals surface area contributed by atoms with Crippen LogP contribution in [-0.2, 0) is 16.6 Å². The number of hydrogen-bond donors (Lipinski definition) is 2. The summed E-state index contributed by atoms with van der Waals surface area (Å²) in [6.45, 7) is 2.30. The van der Waals surface area contributed by atoms with Crippen molar-refractivity contribution in [3.63, 3.8) is 0 Å². The van der Waals surface area contributed by atoms with Gasteiger partial charge in [0.25, 0.3) is 5.56 Å². The number of nitrogens with one attached hydrogen (secondary N) is 2. The molecule has 1 spiro atoms. The maximum atomic E-state index is 12.6. The summed E-state index contributed by atoms with van der Waals surface area (Å²) in [5.41, 5.74) is 2.01. The summed E-state index contributed by atoms with van der Waals surface area (Å²) in [5.74, 6) is 1.53. The number of carbonyl (C=O) groups is 1. The fourth-order valence-electron chi connectivity index (χ4n) is 4.69. The van der Waals surface area contributed by atoms with E-state index in [0.29, 0.717) is 5.92 Å². The Bertz CT molecular complexity index is 806. The predicted octanol–water partition coefficient (Wildman–Crippen LogP) is 1.40. The van der Waals surface area contributed by atoms with Crippen molar-refractivity contribution in [2.24, 2.45) is 0 Å².